The van der Waals surface area contributed by atoms with Gasteiger partial charge in [0.25, 0.3) is 11.8 Å². The summed E-state index contributed by atoms with van der Waals surface area (Å²) in [7, 11) is 1.06. The lowest BCUT2D eigenvalue weighted by atomic mass is 9.94. The molecule has 0 radical (unpaired) electrons. The topological polar surface area (TPSA) is 101 Å². The van der Waals surface area contributed by atoms with Gasteiger partial charge < -0.3 is 30.7 Å². The van der Waals surface area contributed by atoms with E-state index in [0.717, 1.165) is 31.4 Å². The van der Waals surface area contributed by atoms with Crippen LogP contribution in [0, 0.1) is 0 Å². The Balaban J connectivity index is 0.000000215. The summed E-state index contributed by atoms with van der Waals surface area (Å²) in [6.07, 6.45) is -13.4. The Morgan fingerprint density at radius 1 is 0.661 bits per heavy atom. The van der Waals surface area contributed by atoms with Crippen molar-refractivity contribution in [3.63, 3.8) is 0 Å². The fraction of sp³-hybridized carbons (Fsp3) is 0.316. The van der Waals surface area contributed by atoms with Crippen molar-refractivity contribution in [3.8, 4) is 11.5 Å². The number of alkyl halides is 9. The Hall–Kier alpha value is -5.00. The van der Waals surface area contributed by atoms with E-state index >= 15 is 0 Å². The minimum atomic E-state index is -4.76. The molecule has 6 rings (SSSR count). The normalized spacial score (nSPS) is 14.1. The first-order valence-electron chi connectivity index (χ1n) is 17.0. The highest BCUT2D eigenvalue weighted by Gasteiger charge is 2.38. The molecule has 0 saturated heterocycles. The van der Waals surface area contributed by atoms with Crippen LogP contribution in [0.25, 0.3) is 0 Å². The lowest BCUT2D eigenvalue weighted by Gasteiger charge is -2.23. The average Bonchev–Trinajstić information content (AvgIpc) is 3.14. The smallest absolute Gasteiger partial charge is 0.419 e. The largest absolute Gasteiger partial charge is 0.496 e. The summed E-state index contributed by atoms with van der Waals surface area (Å²) in [5, 5.41) is 11.1. The van der Waals surface area contributed by atoms with Crippen LogP contribution in [0.2, 0.25) is 5.02 Å². The number of carbonyl (C=O) groups excluding carboxylic acids is 2. The van der Waals surface area contributed by atoms with Gasteiger partial charge in [-0.1, -0.05) is 11.6 Å². The molecule has 18 heteroatoms. The summed E-state index contributed by atoms with van der Waals surface area (Å²) in [4.78, 5) is 24.9. The Morgan fingerprint density at radius 2 is 1.11 bits per heavy atom. The third-order valence-corrected chi connectivity index (χ3v) is 9.10. The van der Waals surface area contributed by atoms with Crippen LogP contribution in [-0.2, 0) is 44.5 Å². The van der Waals surface area contributed by atoms with Gasteiger partial charge in [-0.2, -0.15) is 39.5 Å². The molecule has 8 nitrogen and oxygen atoms in total. The van der Waals surface area contributed by atoms with Gasteiger partial charge in [0.05, 0.1) is 35.4 Å². The van der Waals surface area contributed by atoms with Crippen LogP contribution in [-0.4, -0.2) is 38.6 Å². The first-order valence-corrected chi connectivity index (χ1v) is 17.4. The molecule has 300 valence electrons. The van der Waals surface area contributed by atoms with Crippen LogP contribution in [0.15, 0.2) is 60.7 Å². The van der Waals surface area contributed by atoms with Crippen LogP contribution in [0.1, 0.15) is 66.6 Å². The number of fused-ring (bicyclic) bond motifs is 2. The van der Waals surface area contributed by atoms with E-state index in [1.807, 2.05) is 0 Å². The number of anilines is 2. The van der Waals surface area contributed by atoms with Crippen molar-refractivity contribution in [1.29, 1.82) is 0 Å². The maximum Gasteiger partial charge on any atom is 0.419 e. The molecule has 2 aliphatic rings. The summed E-state index contributed by atoms with van der Waals surface area (Å²) in [5.74, 6) is -1.53. The molecule has 2 heterocycles. The molecule has 2 amide bonds. The summed E-state index contributed by atoms with van der Waals surface area (Å²) in [6, 6.07) is 11.9. The van der Waals surface area contributed by atoms with Gasteiger partial charge in [-0.3, -0.25) is 9.59 Å². The zero-order valence-electron chi connectivity index (χ0n) is 29.6. The monoisotopic (exact) mass is 816 g/mol. The Morgan fingerprint density at radius 3 is 1.52 bits per heavy atom. The number of rotatable bonds is 7. The molecule has 0 saturated carbocycles. The third-order valence-electron chi connectivity index (χ3n) is 8.81. The second-order valence-corrected chi connectivity index (χ2v) is 13.0. The van der Waals surface area contributed by atoms with E-state index in [1.165, 1.54) is 18.2 Å². The molecule has 0 unspecified atom stereocenters. The zero-order valence-corrected chi connectivity index (χ0v) is 30.4. The highest BCUT2D eigenvalue weighted by atomic mass is 35.5. The molecule has 0 aliphatic carbocycles. The molecule has 0 fully saturated rings. The van der Waals surface area contributed by atoms with Crippen LogP contribution >= 0.6 is 11.6 Å². The van der Waals surface area contributed by atoms with E-state index in [9.17, 15) is 49.1 Å². The van der Waals surface area contributed by atoms with Crippen LogP contribution in [0.4, 0.5) is 50.9 Å². The van der Waals surface area contributed by atoms with Gasteiger partial charge in [0.15, 0.2) is 0 Å². The number of carbonyl (C=O) groups is 2. The quantitative estimate of drug-likeness (QED) is 0.139. The summed E-state index contributed by atoms with van der Waals surface area (Å²) in [6.45, 7) is 3.65. The first-order chi connectivity index (χ1) is 26.3. The van der Waals surface area contributed by atoms with E-state index in [4.69, 9.17) is 16.3 Å². The second-order valence-electron chi connectivity index (χ2n) is 12.6. The van der Waals surface area contributed by atoms with Crippen LogP contribution < -0.4 is 30.7 Å². The standard InChI is InChI=1S/C19H18ClF3N2O2.C19H16F6N2O2/c1-2-27-17-4-3-11(8-16(17)20)18(26)25-13-7-12-10-24-6-5-14(12)15(9-13)19(21,22)23;1-29-16-3-2-10(7-15(16)19(23,24)25)17(28)27-12-6-11-9-26-5-4-13(11)14(8-12)18(20,21)22/h3-4,7-9,24H,2,5-6,10H2,1H3,(H,25,26);2-3,6-8,26H,4-5,9H2,1H3,(H,27,28). The number of hydrogen-bond donors (Lipinski definition) is 4. The maximum absolute atomic E-state index is 13.4. The van der Waals surface area contributed by atoms with Gasteiger partial charge in [0.1, 0.15) is 11.5 Å². The number of hydrogen-bond acceptors (Lipinski definition) is 6. The van der Waals surface area contributed by atoms with Gasteiger partial charge >= 0.3 is 18.5 Å². The fourth-order valence-electron chi connectivity index (χ4n) is 6.29. The number of ether oxygens (including phenoxy) is 2. The molecular weight excluding hydrogens is 783 g/mol. The maximum atomic E-state index is 13.4. The number of amides is 2. The Labute approximate surface area is 319 Å². The molecule has 4 N–H and O–H groups in total. The van der Waals surface area contributed by atoms with Crippen molar-refractivity contribution in [3.05, 3.63) is 116 Å². The van der Waals surface area contributed by atoms with Crippen LogP contribution in [0.5, 0.6) is 11.5 Å². The molecule has 0 bridgehead atoms. The number of nitrogens with one attached hydrogen (secondary N) is 4. The van der Waals surface area contributed by atoms with Crippen molar-refractivity contribution in [2.75, 3.05) is 37.4 Å². The lowest BCUT2D eigenvalue weighted by Crippen LogP contribution is -2.27. The molecule has 0 spiro atoms. The van der Waals surface area contributed by atoms with Gasteiger partial charge in [0.2, 0.25) is 0 Å². The first kappa shape index (κ1) is 42.1. The minimum absolute atomic E-state index is 0.0970. The van der Waals surface area contributed by atoms with Crippen molar-refractivity contribution < 1.29 is 58.6 Å². The summed E-state index contributed by atoms with van der Waals surface area (Å²) in [5.41, 5.74) is -1.55. The number of benzene rings is 4. The average molecular weight is 817 g/mol. The highest BCUT2D eigenvalue weighted by molar-refractivity contribution is 6.32. The van der Waals surface area contributed by atoms with Gasteiger partial charge in [0, 0.05) is 35.6 Å². The third kappa shape index (κ3) is 10.0. The molecule has 4 aromatic rings. The SMILES string of the molecule is CCOc1ccc(C(=O)Nc2cc3c(c(C(F)(F)F)c2)CCNC3)cc1Cl.COc1ccc(C(=O)Nc2cc3c(c(C(F)(F)F)c2)CCNC3)cc1C(F)(F)F. The fourth-order valence-corrected chi connectivity index (χ4v) is 6.52. The van der Waals surface area contributed by atoms with Gasteiger partial charge in [-0.15, -0.1) is 0 Å². The van der Waals surface area contributed by atoms with E-state index in [2.05, 4.69) is 26.0 Å². The molecule has 56 heavy (non-hydrogen) atoms. The molecule has 2 aliphatic heterocycles. The minimum Gasteiger partial charge on any atom is -0.496 e. The van der Waals surface area contributed by atoms with Gasteiger partial charge in [-0.25, -0.2) is 0 Å². The zero-order chi connectivity index (χ0) is 41.0. The Bertz CT molecular complexity index is 2100. The number of methoxy groups -OCH3 is 1. The van der Waals surface area contributed by atoms with Gasteiger partial charge in [-0.05, 0) is 116 Å². The van der Waals surface area contributed by atoms with E-state index in [1.54, 1.807) is 19.1 Å². The van der Waals surface area contributed by atoms with Crippen molar-refractivity contribution in [2.24, 2.45) is 0 Å². The predicted octanol–water partition coefficient (Wildman–Crippen LogP) is 9.29. The highest BCUT2D eigenvalue weighted by Crippen LogP contribution is 2.40. The lowest BCUT2D eigenvalue weighted by molar-refractivity contribution is -0.139. The second kappa shape index (κ2) is 17.0. The van der Waals surface area contributed by atoms with Crippen molar-refractivity contribution >= 4 is 34.8 Å². The van der Waals surface area contributed by atoms with E-state index in [-0.39, 0.29) is 51.6 Å². The van der Waals surface area contributed by atoms with Crippen LogP contribution in [0.3, 0.4) is 0 Å². The predicted molar refractivity (Wildman–Crippen MR) is 190 cm³/mol. The molecule has 0 atom stereocenters. The van der Waals surface area contributed by atoms with E-state index < -0.39 is 52.8 Å². The molecule has 4 aromatic carbocycles. The number of halogens is 10. The molecule has 0 aromatic heterocycles. The Kier molecular flexibility index (Phi) is 12.8. The summed E-state index contributed by atoms with van der Waals surface area (Å²) < 4.78 is 130. The summed E-state index contributed by atoms with van der Waals surface area (Å²) >= 11 is 6.07. The molecular formula is C38H34ClF9N4O4. The van der Waals surface area contributed by atoms with E-state index in [0.29, 0.717) is 55.6 Å². The van der Waals surface area contributed by atoms with Crippen molar-refractivity contribution in [1.82, 2.24) is 10.6 Å². The van der Waals surface area contributed by atoms with Crippen molar-refractivity contribution in [2.45, 2.75) is 51.4 Å².